The molecule has 1 aliphatic heterocycles. The SMILES string of the molecule is CCOCCC(=O)N1CCN(c2ccncc2C)CC1. The predicted molar refractivity (Wildman–Crippen MR) is 78.9 cm³/mol. The molecule has 0 aromatic carbocycles. The Morgan fingerprint density at radius 3 is 2.75 bits per heavy atom. The topological polar surface area (TPSA) is 45.7 Å². The fraction of sp³-hybridized carbons (Fsp3) is 0.600. The molecule has 1 aromatic rings. The molecule has 2 rings (SSSR count). The molecule has 0 N–H and O–H groups in total. The molecule has 1 saturated heterocycles. The van der Waals surface area contributed by atoms with Gasteiger partial charge in [0.05, 0.1) is 13.0 Å². The number of rotatable bonds is 5. The first-order chi connectivity index (χ1) is 9.72. The molecule has 5 nitrogen and oxygen atoms in total. The summed E-state index contributed by atoms with van der Waals surface area (Å²) in [5.74, 6) is 0.199. The molecule has 2 heterocycles. The van der Waals surface area contributed by atoms with E-state index in [0.717, 1.165) is 26.2 Å². The van der Waals surface area contributed by atoms with Gasteiger partial charge in [-0.25, -0.2) is 0 Å². The second-order valence-electron chi connectivity index (χ2n) is 4.98. The Bertz CT molecular complexity index is 442. The normalized spacial score (nSPS) is 15.5. The quantitative estimate of drug-likeness (QED) is 0.765. The Balaban J connectivity index is 1.83. The third kappa shape index (κ3) is 3.70. The van der Waals surface area contributed by atoms with E-state index in [1.165, 1.54) is 11.3 Å². The number of amides is 1. The molecule has 1 amide bonds. The molecule has 1 fully saturated rings. The number of piperazine rings is 1. The van der Waals surface area contributed by atoms with Crippen LogP contribution in [0.15, 0.2) is 18.5 Å². The molecule has 0 atom stereocenters. The molecule has 0 radical (unpaired) electrons. The average Bonchev–Trinajstić information content (AvgIpc) is 2.48. The number of carbonyl (C=O) groups excluding carboxylic acids is 1. The van der Waals surface area contributed by atoms with Crippen LogP contribution in [0.3, 0.4) is 0 Å². The lowest BCUT2D eigenvalue weighted by molar-refractivity contribution is -0.132. The van der Waals surface area contributed by atoms with Crippen LogP contribution < -0.4 is 4.90 Å². The highest BCUT2D eigenvalue weighted by Crippen LogP contribution is 2.19. The van der Waals surface area contributed by atoms with Crippen molar-refractivity contribution in [2.45, 2.75) is 20.3 Å². The van der Waals surface area contributed by atoms with E-state index in [1.807, 2.05) is 30.3 Å². The van der Waals surface area contributed by atoms with Crippen LogP contribution in [0.4, 0.5) is 5.69 Å². The number of aromatic nitrogens is 1. The Morgan fingerprint density at radius 2 is 2.10 bits per heavy atom. The zero-order valence-electron chi connectivity index (χ0n) is 12.3. The third-order valence-corrected chi connectivity index (χ3v) is 3.63. The Hall–Kier alpha value is -1.62. The molecule has 1 aliphatic rings. The minimum Gasteiger partial charge on any atom is -0.381 e. The highest BCUT2D eigenvalue weighted by molar-refractivity contribution is 5.76. The molecule has 1 aromatic heterocycles. The van der Waals surface area contributed by atoms with Gasteiger partial charge in [-0.05, 0) is 25.5 Å². The van der Waals surface area contributed by atoms with Gasteiger partial charge < -0.3 is 14.5 Å². The van der Waals surface area contributed by atoms with Crippen molar-refractivity contribution in [2.75, 3.05) is 44.3 Å². The van der Waals surface area contributed by atoms with Gasteiger partial charge in [-0.2, -0.15) is 0 Å². The van der Waals surface area contributed by atoms with Gasteiger partial charge in [-0.1, -0.05) is 0 Å². The number of ether oxygens (including phenoxy) is 1. The molecule has 0 spiro atoms. The van der Waals surface area contributed by atoms with E-state index in [-0.39, 0.29) is 5.91 Å². The first kappa shape index (κ1) is 14.8. The lowest BCUT2D eigenvalue weighted by Crippen LogP contribution is -2.49. The highest BCUT2D eigenvalue weighted by atomic mass is 16.5. The van der Waals surface area contributed by atoms with Gasteiger partial charge in [0.15, 0.2) is 0 Å². The van der Waals surface area contributed by atoms with Gasteiger partial charge in [0, 0.05) is 50.9 Å². The Kier molecular flexibility index (Phi) is 5.35. The molecular weight excluding hydrogens is 254 g/mol. The standard InChI is InChI=1S/C15H23N3O2/c1-3-20-11-5-15(19)18-9-7-17(8-10-18)14-4-6-16-12-13(14)2/h4,6,12H,3,5,7-11H2,1-2H3. The van der Waals surface area contributed by atoms with Crippen molar-refractivity contribution in [1.29, 1.82) is 0 Å². The minimum absolute atomic E-state index is 0.199. The summed E-state index contributed by atoms with van der Waals surface area (Å²) in [6.45, 7) is 8.54. The smallest absolute Gasteiger partial charge is 0.225 e. The van der Waals surface area contributed by atoms with E-state index in [4.69, 9.17) is 4.74 Å². The second kappa shape index (κ2) is 7.24. The van der Waals surface area contributed by atoms with Crippen LogP contribution in [0, 0.1) is 6.92 Å². The largest absolute Gasteiger partial charge is 0.381 e. The van der Waals surface area contributed by atoms with Crippen molar-refractivity contribution in [3.8, 4) is 0 Å². The van der Waals surface area contributed by atoms with Crippen molar-refractivity contribution in [1.82, 2.24) is 9.88 Å². The van der Waals surface area contributed by atoms with Gasteiger partial charge in [-0.15, -0.1) is 0 Å². The molecule has 0 unspecified atom stereocenters. The molecule has 110 valence electrons. The van der Waals surface area contributed by atoms with Gasteiger partial charge in [0.2, 0.25) is 5.91 Å². The first-order valence-corrected chi connectivity index (χ1v) is 7.23. The minimum atomic E-state index is 0.199. The van der Waals surface area contributed by atoms with Crippen LogP contribution in [0.5, 0.6) is 0 Å². The number of nitrogens with zero attached hydrogens (tertiary/aromatic N) is 3. The molecular formula is C15H23N3O2. The van der Waals surface area contributed by atoms with E-state index in [2.05, 4.69) is 16.8 Å². The van der Waals surface area contributed by atoms with E-state index in [0.29, 0.717) is 19.6 Å². The predicted octanol–water partition coefficient (Wildman–Crippen LogP) is 1.47. The maximum atomic E-state index is 12.0. The van der Waals surface area contributed by atoms with Gasteiger partial charge in [0.25, 0.3) is 0 Å². The second-order valence-corrected chi connectivity index (χ2v) is 4.98. The number of aryl methyl sites for hydroxylation is 1. The maximum Gasteiger partial charge on any atom is 0.225 e. The summed E-state index contributed by atoms with van der Waals surface area (Å²) in [7, 11) is 0. The van der Waals surface area contributed by atoms with Gasteiger partial charge in [-0.3, -0.25) is 9.78 Å². The fourth-order valence-corrected chi connectivity index (χ4v) is 2.48. The van der Waals surface area contributed by atoms with Crippen molar-refractivity contribution in [2.24, 2.45) is 0 Å². The van der Waals surface area contributed by atoms with Crippen molar-refractivity contribution >= 4 is 11.6 Å². The number of hydrogen-bond acceptors (Lipinski definition) is 4. The van der Waals surface area contributed by atoms with Crippen LogP contribution in [0.1, 0.15) is 18.9 Å². The monoisotopic (exact) mass is 277 g/mol. The van der Waals surface area contributed by atoms with E-state index in [1.54, 1.807) is 0 Å². The lowest BCUT2D eigenvalue weighted by Gasteiger charge is -2.36. The van der Waals surface area contributed by atoms with E-state index in [9.17, 15) is 4.79 Å². The summed E-state index contributed by atoms with van der Waals surface area (Å²) in [4.78, 5) is 20.4. The maximum absolute atomic E-state index is 12.0. The summed E-state index contributed by atoms with van der Waals surface area (Å²) in [5.41, 5.74) is 2.41. The molecule has 5 heteroatoms. The summed E-state index contributed by atoms with van der Waals surface area (Å²) in [6.07, 6.45) is 4.19. The molecule has 0 bridgehead atoms. The molecule has 0 saturated carbocycles. The number of anilines is 1. The third-order valence-electron chi connectivity index (χ3n) is 3.63. The number of hydrogen-bond donors (Lipinski definition) is 0. The Labute approximate surface area is 120 Å². The van der Waals surface area contributed by atoms with Crippen LogP contribution in [0.25, 0.3) is 0 Å². The van der Waals surface area contributed by atoms with Crippen molar-refractivity contribution < 1.29 is 9.53 Å². The fourth-order valence-electron chi connectivity index (χ4n) is 2.48. The summed E-state index contributed by atoms with van der Waals surface area (Å²) >= 11 is 0. The average molecular weight is 277 g/mol. The van der Waals surface area contributed by atoms with Crippen LogP contribution in [0.2, 0.25) is 0 Å². The lowest BCUT2D eigenvalue weighted by atomic mass is 10.2. The molecule has 0 aliphatic carbocycles. The van der Waals surface area contributed by atoms with E-state index >= 15 is 0 Å². The zero-order chi connectivity index (χ0) is 14.4. The van der Waals surface area contributed by atoms with Gasteiger partial charge in [0.1, 0.15) is 0 Å². The first-order valence-electron chi connectivity index (χ1n) is 7.23. The zero-order valence-corrected chi connectivity index (χ0v) is 12.3. The van der Waals surface area contributed by atoms with Crippen molar-refractivity contribution in [3.05, 3.63) is 24.0 Å². The number of carbonyl (C=O) groups is 1. The molecule has 20 heavy (non-hydrogen) atoms. The van der Waals surface area contributed by atoms with E-state index < -0.39 is 0 Å². The Morgan fingerprint density at radius 1 is 1.35 bits per heavy atom. The van der Waals surface area contributed by atoms with Gasteiger partial charge >= 0.3 is 0 Å². The number of pyridine rings is 1. The van der Waals surface area contributed by atoms with Crippen LogP contribution in [-0.4, -0.2) is 55.2 Å². The van der Waals surface area contributed by atoms with Crippen LogP contribution >= 0.6 is 0 Å². The highest BCUT2D eigenvalue weighted by Gasteiger charge is 2.21. The van der Waals surface area contributed by atoms with Crippen molar-refractivity contribution in [3.63, 3.8) is 0 Å². The summed E-state index contributed by atoms with van der Waals surface area (Å²) in [5, 5.41) is 0. The summed E-state index contributed by atoms with van der Waals surface area (Å²) in [6, 6.07) is 2.04. The summed E-state index contributed by atoms with van der Waals surface area (Å²) < 4.78 is 5.24. The van der Waals surface area contributed by atoms with Crippen LogP contribution in [-0.2, 0) is 9.53 Å².